The van der Waals surface area contributed by atoms with E-state index in [1.165, 1.54) is 0 Å². The van der Waals surface area contributed by atoms with Crippen LogP contribution < -0.4 is 0 Å². The Kier molecular flexibility index (Phi) is 3.01. The summed E-state index contributed by atoms with van der Waals surface area (Å²) in [6.45, 7) is 5.49. The van der Waals surface area contributed by atoms with E-state index in [0.29, 0.717) is 12.8 Å². The Morgan fingerprint density at radius 2 is 1.88 bits per heavy atom. The van der Waals surface area contributed by atoms with Gasteiger partial charge in [-0.15, -0.1) is 0 Å². The number of ether oxygens (including phenoxy) is 3. The molecule has 2 fully saturated rings. The van der Waals surface area contributed by atoms with Crippen molar-refractivity contribution >= 4 is 0 Å². The fraction of sp³-hybridized carbons (Fsp3) is 1.00. The lowest BCUT2D eigenvalue weighted by Gasteiger charge is -2.33. The Hall–Kier alpha value is -0.200. The third-order valence-corrected chi connectivity index (χ3v) is 3.42. The summed E-state index contributed by atoms with van der Waals surface area (Å²) in [5.74, 6) is -0.713. The van der Waals surface area contributed by atoms with E-state index < -0.39 is 29.9 Å². The predicted octanol–water partition coefficient (Wildman–Crippen LogP) is 0.386. The van der Waals surface area contributed by atoms with E-state index >= 15 is 0 Å². The van der Waals surface area contributed by atoms with Crippen LogP contribution in [-0.2, 0) is 14.2 Å². The molecule has 0 aromatic heterocycles. The van der Waals surface area contributed by atoms with Crippen molar-refractivity contribution in [1.29, 1.82) is 0 Å². The smallest absolute Gasteiger partial charge is 0.190 e. The standard InChI is InChI=1S/C11H20O5/c1-4-11(5-6-12)8(13)7-9(16-11)15-10(2,3)14-7/h7-9,12-13H,4-6H2,1-3H3/t7-,8?,9+,11-/m0/s1. The molecule has 0 radical (unpaired) electrons. The van der Waals surface area contributed by atoms with Crippen LogP contribution in [0, 0.1) is 0 Å². The molecule has 0 bridgehead atoms. The van der Waals surface area contributed by atoms with Gasteiger partial charge in [-0.25, -0.2) is 0 Å². The van der Waals surface area contributed by atoms with Gasteiger partial charge >= 0.3 is 0 Å². The third kappa shape index (κ3) is 1.76. The number of aliphatic hydroxyl groups is 2. The van der Waals surface area contributed by atoms with E-state index in [-0.39, 0.29) is 6.61 Å². The number of aliphatic hydroxyl groups excluding tert-OH is 2. The average molecular weight is 232 g/mol. The van der Waals surface area contributed by atoms with Crippen molar-refractivity contribution in [3.8, 4) is 0 Å². The van der Waals surface area contributed by atoms with Crippen molar-refractivity contribution in [2.24, 2.45) is 0 Å². The second-order valence-electron chi connectivity index (χ2n) is 4.92. The number of hydrogen-bond donors (Lipinski definition) is 2. The second kappa shape index (κ2) is 3.92. The fourth-order valence-electron chi connectivity index (χ4n) is 2.53. The van der Waals surface area contributed by atoms with Gasteiger partial charge in [-0.3, -0.25) is 0 Å². The zero-order valence-corrected chi connectivity index (χ0v) is 9.97. The molecule has 0 aliphatic carbocycles. The zero-order chi connectivity index (χ0) is 12.0. The van der Waals surface area contributed by atoms with Crippen LogP contribution in [0.2, 0.25) is 0 Å². The van der Waals surface area contributed by atoms with Gasteiger partial charge < -0.3 is 24.4 Å². The normalized spacial score (nSPS) is 45.9. The van der Waals surface area contributed by atoms with Gasteiger partial charge in [-0.1, -0.05) is 6.92 Å². The highest BCUT2D eigenvalue weighted by molar-refractivity contribution is 5.02. The molecule has 4 atom stereocenters. The van der Waals surface area contributed by atoms with E-state index in [1.54, 1.807) is 13.8 Å². The zero-order valence-electron chi connectivity index (χ0n) is 9.97. The first kappa shape index (κ1) is 12.3. The Balaban J connectivity index is 2.14. The molecular formula is C11H20O5. The highest BCUT2D eigenvalue weighted by Gasteiger charge is 2.60. The summed E-state index contributed by atoms with van der Waals surface area (Å²) in [6, 6.07) is 0. The van der Waals surface area contributed by atoms with Crippen molar-refractivity contribution in [2.45, 2.75) is 63.5 Å². The van der Waals surface area contributed by atoms with Gasteiger partial charge in [0.2, 0.25) is 0 Å². The highest BCUT2D eigenvalue weighted by Crippen LogP contribution is 2.44. The van der Waals surface area contributed by atoms with Gasteiger partial charge in [0.05, 0.1) is 0 Å². The minimum atomic E-state index is -0.753. The molecule has 1 unspecified atom stereocenters. The molecule has 0 spiro atoms. The topological polar surface area (TPSA) is 68.2 Å². The van der Waals surface area contributed by atoms with E-state index in [0.717, 1.165) is 0 Å². The molecule has 0 saturated carbocycles. The summed E-state index contributed by atoms with van der Waals surface area (Å²) in [5, 5.41) is 19.3. The summed E-state index contributed by atoms with van der Waals surface area (Å²) in [6.07, 6.45) is -0.728. The van der Waals surface area contributed by atoms with Crippen molar-refractivity contribution < 1.29 is 24.4 Å². The molecule has 5 heteroatoms. The van der Waals surface area contributed by atoms with Crippen molar-refractivity contribution in [3.63, 3.8) is 0 Å². The average Bonchev–Trinajstić information content (AvgIpc) is 2.62. The van der Waals surface area contributed by atoms with Gasteiger partial charge in [-0.05, 0) is 20.3 Å². The first-order chi connectivity index (χ1) is 7.44. The van der Waals surface area contributed by atoms with Crippen LogP contribution >= 0.6 is 0 Å². The van der Waals surface area contributed by atoms with Crippen LogP contribution in [0.3, 0.4) is 0 Å². The lowest BCUT2D eigenvalue weighted by atomic mass is 9.89. The molecule has 2 N–H and O–H groups in total. The molecule has 0 aromatic rings. The SMILES string of the molecule is CC[C@@]1(CCO)O[C@H]2OC(C)(C)O[C@H]2C1O. The maximum Gasteiger partial charge on any atom is 0.190 e. The Morgan fingerprint density at radius 3 is 2.38 bits per heavy atom. The monoisotopic (exact) mass is 232 g/mol. The van der Waals surface area contributed by atoms with E-state index in [9.17, 15) is 5.11 Å². The van der Waals surface area contributed by atoms with Gasteiger partial charge in [-0.2, -0.15) is 0 Å². The lowest BCUT2D eigenvalue weighted by Crippen LogP contribution is -2.45. The quantitative estimate of drug-likeness (QED) is 0.736. The van der Waals surface area contributed by atoms with Crippen LogP contribution in [0.15, 0.2) is 0 Å². The summed E-state index contributed by atoms with van der Waals surface area (Å²) in [5.41, 5.74) is -0.736. The molecule has 2 heterocycles. The number of fused-ring (bicyclic) bond motifs is 1. The molecule has 0 amide bonds. The first-order valence-corrected chi connectivity index (χ1v) is 5.76. The second-order valence-corrected chi connectivity index (χ2v) is 4.92. The minimum Gasteiger partial charge on any atom is -0.396 e. The van der Waals surface area contributed by atoms with Gasteiger partial charge in [0.1, 0.15) is 17.8 Å². The third-order valence-electron chi connectivity index (χ3n) is 3.42. The molecule has 2 aliphatic heterocycles. The summed E-state index contributed by atoms with van der Waals surface area (Å²) >= 11 is 0. The maximum atomic E-state index is 10.2. The van der Waals surface area contributed by atoms with Crippen LogP contribution in [0.5, 0.6) is 0 Å². The number of rotatable bonds is 3. The predicted molar refractivity (Wildman–Crippen MR) is 55.6 cm³/mol. The summed E-state index contributed by atoms with van der Waals surface area (Å²) < 4.78 is 16.9. The summed E-state index contributed by atoms with van der Waals surface area (Å²) in [7, 11) is 0. The van der Waals surface area contributed by atoms with Gasteiger partial charge in [0, 0.05) is 13.0 Å². The first-order valence-electron chi connectivity index (χ1n) is 5.76. The Morgan fingerprint density at radius 1 is 1.19 bits per heavy atom. The molecule has 2 rings (SSSR count). The van der Waals surface area contributed by atoms with Crippen molar-refractivity contribution in [3.05, 3.63) is 0 Å². The van der Waals surface area contributed by atoms with E-state index in [2.05, 4.69) is 0 Å². The largest absolute Gasteiger partial charge is 0.396 e. The van der Waals surface area contributed by atoms with Gasteiger partial charge in [0.15, 0.2) is 12.1 Å². The summed E-state index contributed by atoms with van der Waals surface area (Å²) in [4.78, 5) is 0. The number of hydrogen-bond acceptors (Lipinski definition) is 5. The molecule has 0 aromatic carbocycles. The van der Waals surface area contributed by atoms with Crippen LogP contribution in [0.1, 0.15) is 33.6 Å². The highest BCUT2D eigenvalue weighted by atomic mass is 16.8. The Bertz CT molecular complexity index is 267. The van der Waals surface area contributed by atoms with Gasteiger partial charge in [0.25, 0.3) is 0 Å². The van der Waals surface area contributed by atoms with E-state index in [1.807, 2.05) is 6.92 Å². The molecule has 2 aliphatic rings. The van der Waals surface area contributed by atoms with Crippen molar-refractivity contribution in [1.82, 2.24) is 0 Å². The minimum absolute atomic E-state index is 0.0201. The maximum absolute atomic E-state index is 10.2. The fourth-order valence-corrected chi connectivity index (χ4v) is 2.53. The van der Waals surface area contributed by atoms with Crippen LogP contribution in [-0.4, -0.2) is 46.7 Å². The van der Waals surface area contributed by atoms with E-state index in [4.69, 9.17) is 19.3 Å². The van der Waals surface area contributed by atoms with Crippen LogP contribution in [0.4, 0.5) is 0 Å². The molecule has 94 valence electrons. The molecule has 2 saturated heterocycles. The Labute approximate surface area is 95.3 Å². The molecule has 16 heavy (non-hydrogen) atoms. The lowest BCUT2D eigenvalue weighted by molar-refractivity contribution is -0.242. The molecule has 5 nitrogen and oxygen atoms in total. The molecular weight excluding hydrogens is 212 g/mol. The van der Waals surface area contributed by atoms with Crippen molar-refractivity contribution in [2.75, 3.05) is 6.61 Å². The van der Waals surface area contributed by atoms with Crippen LogP contribution in [0.25, 0.3) is 0 Å².